The second-order valence-electron chi connectivity index (χ2n) is 3.73. The Morgan fingerprint density at radius 1 is 1.06 bits per heavy atom. The lowest BCUT2D eigenvalue weighted by atomic mass is 9.96. The van der Waals surface area contributed by atoms with Crippen molar-refractivity contribution in [1.82, 2.24) is 9.97 Å². The molecule has 0 aliphatic rings. The summed E-state index contributed by atoms with van der Waals surface area (Å²) in [6.45, 7) is 0. The molecule has 0 unspecified atom stereocenters. The Morgan fingerprint density at radius 2 is 1.67 bits per heavy atom. The van der Waals surface area contributed by atoms with Crippen LogP contribution in [0.3, 0.4) is 0 Å². The van der Waals surface area contributed by atoms with Gasteiger partial charge in [-0.05, 0) is 11.1 Å². The van der Waals surface area contributed by atoms with Crippen LogP contribution in [0.25, 0.3) is 11.1 Å². The first-order valence-corrected chi connectivity index (χ1v) is 5.17. The van der Waals surface area contributed by atoms with Gasteiger partial charge in [0.2, 0.25) is 0 Å². The summed E-state index contributed by atoms with van der Waals surface area (Å²) in [6, 6.07) is 4.08. The largest absolute Gasteiger partial charge is 0.407 e. The summed E-state index contributed by atoms with van der Waals surface area (Å²) >= 11 is 0. The number of nitrogens with two attached hydrogens (primary N) is 1. The molecule has 2 rings (SSSR count). The fraction of sp³-hybridized carbons (Fsp3) is 0.167. The van der Waals surface area contributed by atoms with Gasteiger partial charge in [0.25, 0.3) is 0 Å². The van der Waals surface area contributed by atoms with Crippen LogP contribution in [-0.4, -0.2) is 16.1 Å². The van der Waals surface area contributed by atoms with Gasteiger partial charge in [0.15, 0.2) is 0 Å². The van der Waals surface area contributed by atoms with Crippen LogP contribution in [0.2, 0.25) is 0 Å². The Bertz CT molecular complexity index is 526. The zero-order valence-electron chi connectivity index (χ0n) is 9.22. The van der Waals surface area contributed by atoms with Crippen molar-refractivity contribution in [2.75, 3.05) is 0 Å². The van der Waals surface area contributed by atoms with Crippen LogP contribution in [-0.2, 0) is 0 Å². The van der Waals surface area contributed by atoms with Gasteiger partial charge < -0.3 is 5.73 Å². The van der Waals surface area contributed by atoms with E-state index in [1.807, 2.05) is 0 Å². The second-order valence-corrected chi connectivity index (χ2v) is 3.73. The molecule has 6 heteroatoms. The number of aromatic nitrogens is 2. The van der Waals surface area contributed by atoms with Crippen molar-refractivity contribution in [2.24, 2.45) is 5.73 Å². The highest BCUT2D eigenvalue weighted by atomic mass is 19.4. The van der Waals surface area contributed by atoms with Crippen LogP contribution in [0.1, 0.15) is 11.6 Å². The fourth-order valence-corrected chi connectivity index (χ4v) is 1.65. The number of rotatable bonds is 2. The zero-order chi connectivity index (χ0) is 13.2. The van der Waals surface area contributed by atoms with E-state index >= 15 is 0 Å². The molecule has 94 valence electrons. The minimum Gasteiger partial charge on any atom is -0.316 e. The van der Waals surface area contributed by atoms with Crippen LogP contribution in [0.4, 0.5) is 13.2 Å². The molecule has 0 amide bonds. The molecule has 1 heterocycles. The van der Waals surface area contributed by atoms with Crippen molar-refractivity contribution >= 4 is 0 Å². The molecule has 1 aromatic carbocycles. The third-order valence-electron chi connectivity index (χ3n) is 2.52. The van der Waals surface area contributed by atoms with E-state index in [9.17, 15) is 13.2 Å². The first-order chi connectivity index (χ1) is 8.50. The van der Waals surface area contributed by atoms with E-state index in [0.717, 1.165) is 0 Å². The van der Waals surface area contributed by atoms with E-state index in [1.165, 1.54) is 30.9 Å². The molecule has 0 bridgehead atoms. The minimum absolute atomic E-state index is 0.0137. The molecule has 0 saturated heterocycles. The Morgan fingerprint density at radius 3 is 2.28 bits per heavy atom. The summed E-state index contributed by atoms with van der Waals surface area (Å²) in [5.41, 5.74) is 6.16. The molecular weight excluding hydrogens is 243 g/mol. The van der Waals surface area contributed by atoms with Crippen LogP contribution in [0.15, 0.2) is 43.0 Å². The van der Waals surface area contributed by atoms with Gasteiger partial charge in [0, 0.05) is 18.0 Å². The number of hydrogen-bond donors (Lipinski definition) is 1. The molecule has 0 saturated carbocycles. The average molecular weight is 253 g/mol. The molecule has 1 atom stereocenters. The Labute approximate surface area is 101 Å². The van der Waals surface area contributed by atoms with E-state index in [4.69, 9.17) is 5.73 Å². The molecule has 0 aliphatic heterocycles. The monoisotopic (exact) mass is 253 g/mol. The van der Waals surface area contributed by atoms with Crippen LogP contribution in [0, 0.1) is 0 Å². The molecule has 0 fully saturated rings. The first kappa shape index (κ1) is 12.5. The molecule has 0 radical (unpaired) electrons. The average Bonchev–Trinajstić information content (AvgIpc) is 2.38. The number of benzene rings is 1. The maximum absolute atomic E-state index is 12.7. The highest BCUT2D eigenvalue weighted by Crippen LogP contribution is 2.35. The first-order valence-electron chi connectivity index (χ1n) is 5.17. The quantitative estimate of drug-likeness (QED) is 0.895. The molecule has 18 heavy (non-hydrogen) atoms. The fourth-order valence-electron chi connectivity index (χ4n) is 1.65. The van der Waals surface area contributed by atoms with Gasteiger partial charge in [-0.15, -0.1) is 0 Å². The molecule has 0 spiro atoms. The standard InChI is InChI=1S/C12H10F3N3/c13-12(14,15)11(16)10-4-2-1-3-9(10)8-5-17-7-18-6-8/h1-7,11H,16H2/t11-/m0/s1. The Hall–Kier alpha value is -1.95. The van der Waals surface area contributed by atoms with Gasteiger partial charge in [-0.2, -0.15) is 13.2 Å². The summed E-state index contributed by atoms with van der Waals surface area (Å²) in [4.78, 5) is 7.58. The van der Waals surface area contributed by atoms with Crippen molar-refractivity contribution in [3.8, 4) is 11.1 Å². The minimum atomic E-state index is -4.48. The van der Waals surface area contributed by atoms with Gasteiger partial charge in [0.05, 0.1) is 0 Å². The third kappa shape index (κ3) is 2.48. The lowest BCUT2D eigenvalue weighted by Gasteiger charge is -2.19. The summed E-state index contributed by atoms with van der Waals surface area (Å²) in [5, 5.41) is 0. The van der Waals surface area contributed by atoms with Gasteiger partial charge in [-0.3, -0.25) is 0 Å². The molecule has 0 aliphatic carbocycles. The highest BCUT2D eigenvalue weighted by Gasteiger charge is 2.38. The van der Waals surface area contributed by atoms with Crippen molar-refractivity contribution in [2.45, 2.75) is 12.2 Å². The van der Waals surface area contributed by atoms with E-state index in [1.54, 1.807) is 12.1 Å². The number of alkyl halides is 3. The van der Waals surface area contributed by atoms with E-state index in [0.29, 0.717) is 11.1 Å². The maximum atomic E-state index is 12.7. The molecule has 1 aromatic heterocycles. The Balaban J connectivity index is 2.51. The number of hydrogen-bond acceptors (Lipinski definition) is 3. The topological polar surface area (TPSA) is 51.8 Å². The predicted molar refractivity (Wildman–Crippen MR) is 60.5 cm³/mol. The van der Waals surface area contributed by atoms with Crippen LogP contribution in [0.5, 0.6) is 0 Å². The van der Waals surface area contributed by atoms with Crippen molar-refractivity contribution in [3.05, 3.63) is 48.5 Å². The number of nitrogens with zero attached hydrogens (tertiary/aromatic N) is 2. The summed E-state index contributed by atoms with van der Waals surface area (Å²) in [6.07, 6.45) is -0.259. The normalized spacial score (nSPS) is 13.3. The second kappa shape index (κ2) is 4.73. The molecule has 3 nitrogen and oxygen atoms in total. The lowest BCUT2D eigenvalue weighted by Crippen LogP contribution is -2.28. The van der Waals surface area contributed by atoms with E-state index < -0.39 is 12.2 Å². The zero-order valence-corrected chi connectivity index (χ0v) is 9.22. The SMILES string of the molecule is N[C@@H](c1ccccc1-c1cncnc1)C(F)(F)F. The van der Waals surface area contributed by atoms with Crippen LogP contribution < -0.4 is 5.73 Å². The molecule has 2 N–H and O–H groups in total. The highest BCUT2D eigenvalue weighted by molar-refractivity contribution is 5.66. The maximum Gasteiger partial charge on any atom is 0.407 e. The van der Waals surface area contributed by atoms with Gasteiger partial charge in [0.1, 0.15) is 12.4 Å². The Kier molecular flexibility index (Phi) is 3.29. The van der Waals surface area contributed by atoms with Crippen molar-refractivity contribution < 1.29 is 13.2 Å². The summed E-state index contributed by atoms with van der Waals surface area (Å²) in [5.74, 6) is 0. The number of halogens is 3. The van der Waals surface area contributed by atoms with Crippen molar-refractivity contribution in [3.63, 3.8) is 0 Å². The summed E-state index contributed by atoms with van der Waals surface area (Å²) < 4.78 is 38.0. The predicted octanol–water partition coefficient (Wildman–Crippen LogP) is 2.71. The smallest absolute Gasteiger partial charge is 0.316 e. The summed E-state index contributed by atoms with van der Waals surface area (Å²) in [7, 11) is 0. The molecular formula is C12H10F3N3. The van der Waals surface area contributed by atoms with Crippen LogP contribution >= 0.6 is 0 Å². The van der Waals surface area contributed by atoms with E-state index in [2.05, 4.69) is 9.97 Å². The third-order valence-corrected chi connectivity index (χ3v) is 2.52. The van der Waals surface area contributed by atoms with Gasteiger partial charge in [-0.1, -0.05) is 24.3 Å². The molecule has 2 aromatic rings. The van der Waals surface area contributed by atoms with Crippen molar-refractivity contribution in [1.29, 1.82) is 0 Å². The van der Waals surface area contributed by atoms with E-state index in [-0.39, 0.29) is 5.56 Å². The lowest BCUT2D eigenvalue weighted by molar-refractivity contribution is -0.149. The van der Waals surface area contributed by atoms with Gasteiger partial charge >= 0.3 is 6.18 Å². The van der Waals surface area contributed by atoms with Gasteiger partial charge in [-0.25, -0.2) is 9.97 Å².